The molecule has 0 saturated heterocycles. The summed E-state index contributed by atoms with van der Waals surface area (Å²) in [5.74, 6) is -5.34. The second-order valence-electron chi connectivity index (χ2n) is 11.8. The number of benzene rings is 3. The Labute approximate surface area is 264 Å². The fourth-order valence-corrected chi connectivity index (χ4v) is 5.91. The third-order valence-electron chi connectivity index (χ3n) is 8.49. The van der Waals surface area contributed by atoms with E-state index >= 15 is 0 Å². The molecule has 3 aromatic carbocycles. The molecule has 1 aliphatic heterocycles. The Hall–Kier alpha value is -4.02. The molecule has 46 heavy (non-hydrogen) atoms. The van der Waals surface area contributed by atoms with Crippen LogP contribution < -0.4 is 9.47 Å². The van der Waals surface area contributed by atoms with Crippen molar-refractivity contribution in [1.82, 2.24) is 0 Å². The molecule has 0 aliphatic carbocycles. The molecule has 0 aromatic heterocycles. The number of hydrogen-bond acceptors (Lipinski definition) is 5. The van der Waals surface area contributed by atoms with Crippen molar-refractivity contribution in [2.75, 3.05) is 13.2 Å². The van der Waals surface area contributed by atoms with Crippen LogP contribution in [0.15, 0.2) is 66.7 Å². The first kappa shape index (κ1) is 34.8. The number of carbonyl (C=O) groups is 1. The summed E-state index contributed by atoms with van der Waals surface area (Å²) in [6.07, 6.45) is -3.80. The highest BCUT2D eigenvalue weighted by Crippen LogP contribution is 2.47. The number of rotatable bonds is 16. The van der Waals surface area contributed by atoms with Gasteiger partial charge >= 0.3 is 18.1 Å². The van der Waals surface area contributed by atoms with E-state index in [1.54, 1.807) is 24.3 Å². The zero-order valence-corrected chi connectivity index (χ0v) is 25.3. The van der Waals surface area contributed by atoms with Crippen molar-refractivity contribution in [2.24, 2.45) is 5.92 Å². The van der Waals surface area contributed by atoms with E-state index in [2.05, 4.69) is 0 Å². The van der Waals surface area contributed by atoms with Crippen LogP contribution in [0.1, 0.15) is 86.3 Å². The van der Waals surface area contributed by atoms with Crippen molar-refractivity contribution in [3.63, 3.8) is 0 Å². The Kier molecular flexibility index (Phi) is 11.8. The van der Waals surface area contributed by atoms with Gasteiger partial charge < -0.3 is 24.8 Å². The summed E-state index contributed by atoms with van der Waals surface area (Å²) in [6.45, 7) is 0.891. The highest BCUT2D eigenvalue weighted by Gasteiger charge is 2.56. The molecule has 0 spiro atoms. The van der Waals surface area contributed by atoms with Crippen LogP contribution in [-0.4, -0.2) is 46.6 Å². The topological polar surface area (TPSA) is 96.2 Å². The third-order valence-corrected chi connectivity index (χ3v) is 8.49. The van der Waals surface area contributed by atoms with Gasteiger partial charge in [-0.05, 0) is 67.1 Å². The lowest BCUT2D eigenvalue weighted by Crippen LogP contribution is -2.36. The minimum absolute atomic E-state index is 0.0191. The van der Waals surface area contributed by atoms with Gasteiger partial charge in [-0.25, -0.2) is 0 Å². The summed E-state index contributed by atoms with van der Waals surface area (Å²) in [5.41, 5.74) is 3.02. The number of carboxylic acids is 1. The molecule has 1 heterocycles. The average Bonchev–Trinajstić information content (AvgIpc) is 3.01. The molecular formula is C35H39F5O6. The van der Waals surface area contributed by atoms with Gasteiger partial charge in [0.25, 0.3) is 0 Å². The normalized spacial score (nSPS) is 17.2. The van der Waals surface area contributed by atoms with Crippen LogP contribution in [0.25, 0.3) is 0 Å². The number of aliphatic carboxylic acids is 1. The Morgan fingerprint density at radius 3 is 2.09 bits per heavy atom. The van der Waals surface area contributed by atoms with Crippen LogP contribution in [0.3, 0.4) is 0 Å². The van der Waals surface area contributed by atoms with E-state index in [1.165, 1.54) is 0 Å². The van der Waals surface area contributed by atoms with Gasteiger partial charge in [-0.15, -0.1) is 0 Å². The van der Waals surface area contributed by atoms with Crippen LogP contribution in [-0.2, 0) is 4.79 Å². The number of hydrogen-bond donors (Lipinski definition) is 3. The first-order valence-electron chi connectivity index (χ1n) is 15.5. The lowest BCUT2D eigenvalue weighted by Gasteiger charge is -2.34. The second-order valence-corrected chi connectivity index (χ2v) is 11.8. The van der Waals surface area contributed by atoms with E-state index in [9.17, 15) is 42.1 Å². The van der Waals surface area contributed by atoms with Crippen LogP contribution in [0.2, 0.25) is 0 Å². The number of alkyl halides is 5. The molecule has 0 fully saturated rings. The maximum absolute atomic E-state index is 13.1. The molecule has 0 saturated carbocycles. The molecule has 11 heteroatoms. The number of phenolic OH excluding ortho intramolecular Hbond substituents is 2. The molecule has 3 unspecified atom stereocenters. The SMILES string of the molecule is O=C(O)C(CCCCCCCOc1ccc(C2c3ccc(O)cc3OCC2c2ccc(O)cc2)cc1)CCCC(F)(F)C(F)(F)F. The summed E-state index contributed by atoms with van der Waals surface area (Å²) in [5, 5.41) is 29.1. The van der Waals surface area contributed by atoms with E-state index in [1.807, 2.05) is 42.5 Å². The maximum atomic E-state index is 13.1. The van der Waals surface area contributed by atoms with Crippen molar-refractivity contribution < 1.29 is 51.5 Å². The van der Waals surface area contributed by atoms with Crippen molar-refractivity contribution in [3.05, 3.63) is 83.4 Å². The van der Waals surface area contributed by atoms with Gasteiger partial charge in [0.1, 0.15) is 23.0 Å². The lowest BCUT2D eigenvalue weighted by atomic mass is 9.76. The Bertz CT molecular complexity index is 1410. The summed E-state index contributed by atoms with van der Waals surface area (Å²) in [6, 6.07) is 20.1. The fourth-order valence-electron chi connectivity index (χ4n) is 5.91. The summed E-state index contributed by atoms with van der Waals surface area (Å²) >= 11 is 0. The van der Waals surface area contributed by atoms with Gasteiger partial charge in [-0.1, -0.05) is 56.0 Å². The number of aromatic hydroxyl groups is 2. The lowest BCUT2D eigenvalue weighted by molar-refractivity contribution is -0.284. The number of ether oxygens (including phenoxy) is 2. The van der Waals surface area contributed by atoms with Gasteiger partial charge in [0, 0.05) is 29.9 Å². The molecule has 3 aromatic rings. The molecule has 6 nitrogen and oxygen atoms in total. The molecule has 1 aliphatic rings. The first-order chi connectivity index (χ1) is 21.9. The van der Waals surface area contributed by atoms with Gasteiger partial charge in [-0.2, -0.15) is 22.0 Å². The van der Waals surface area contributed by atoms with E-state index in [-0.39, 0.29) is 36.2 Å². The summed E-state index contributed by atoms with van der Waals surface area (Å²) in [4.78, 5) is 11.4. The third kappa shape index (κ3) is 9.26. The van der Waals surface area contributed by atoms with Crippen molar-refractivity contribution in [1.29, 1.82) is 0 Å². The average molecular weight is 651 g/mol. The number of phenols is 2. The van der Waals surface area contributed by atoms with Gasteiger partial charge in [0.2, 0.25) is 0 Å². The summed E-state index contributed by atoms with van der Waals surface area (Å²) in [7, 11) is 0. The van der Waals surface area contributed by atoms with E-state index in [0.29, 0.717) is 31.1 Å². The molecule has 3 N–H and O–H groups in total. The highest BCUT2D eigenvalue weighted by atomic mass is 19.4. The van der Waals surface area contributed by atoms with Crippen LogP contribution in [0, 0.1) is 5.92 Å². The van der Waals surface area contributed by atoms with Crippen molar-refractivity contribution >= 4 is 5.97 Å². The maximum Gasteiger partial charge on any atom is 0.453 e. The van der Waals surface area contributed by atoms with Gasteiger partial charge in [0.15, 0.2) is 0 Å². The Morgan fingerprint density at radius 2 is 1.41 bits per heavy atom. The largest absolute Gasteiger partial charge is 0.508 e. The summed E-state index contributed by atoms with van der Waals surface area (Å²) < 4.78 is 75.0. The highest BCUT2D eigenvalue weighted by molar-refractivity contribution is 5.69. The minimum atomic E-state index is -5.62. The predicted molar refractivity (Wildman–Crippen MR) is 162 cm³/mol. The van der Waals surface area contributed by atoms with E-state index < -0.39 is 36.8 Å². The first-order valence-corrected chi connectivity index (χ1v) is 15.5. The zero-order chi connectivity index (χ0) is 33.3. The molecule has 250 valence electrons. The molecule has 0 radical (unpaired) electrons. The smallest absolute Gasteiger partial charge is 0.453 e. The monoisotopic (exact) mass is 650 g/mol. The Morgan fingerprint density at radius 1 is 0.804 bits per heavy atom. The Balaban J connectivity index is 1.21. The molecular weight excluding hydrogens is 611 g/mol. The van der Waals surface area contributed by atoms with Crippen LogP contribution in [0.4, 0.5) is 22.0 Å². The molecule has 0 amide bonds. The number of unbranched alkanes of at least 4 members (excludes halogenated alkanes) is 4. The quantitative estimate of drug-likeness (QED) is 0.106. The predicted octanol–water partition coefficient (Wildman–Crippen LogP) is 9.19. The minimum Gasteiger partial charge on any atom is -0.508 e. The van der Waals surface area contributed by atoms with Crippen LogP contribution in [0.5, 0.6) is 23.0 Å². The van der Waals surface area contributed by atoms with Gasteiger partial charge in [0.05, 0.1) is 19.1 Å². The van der Waals surface area contributed by atoms with Gasteiger partial charge in [-0.3, -0.25) is 4.79 Å². The van der Waals surface area contributed by atoms with E-state index in [4.69, 9.17) is 9.47 Å². The molecule has 3 atom stereocenters. The van der Waals surface area contributed by atoms with Crippen molar-refractivity contribution in [2.45, 2.75) is 81.7 Å². The molecule has 4 rings (SSSR count). The standard InChI is InChI=1S/C35H39F5O6/c36-34(37,35(38,39)40)19-6-8-25(33(43)44)7-4-2-1-3-5-20-45-28-16-11-24(12-17-28)32-29-18-15-27(42)21-31(29)46-22-30(32)23-9-13-26(41)14-10-23/h9-18,21,25,30,32,41-42H,1-8,19-20,22H2,(H,43,44). The second kappa shape index (κ2) is 15.5. The van der Waals surface area contributed by atoms with Crippen molar-refractivity contribution in [3.8, 4) is 23.0 Å². The fraction of sp³-hybridized carbons (Fsp3) is 0.457. The van der Waals surface area contributed by atoms with Crippen LogP contribution >= 0.6 is 0 Å². The van der Waals surface area contributed by atoms with E-state index in [0.717, 1.165) is 42.4 Å². The number of carboxylic acid groups (broad SMARTS) is 1. The number of fused-ring (bicyclic) bond motifs is 1. The number of halogens is 5. The molecule has 0 bridgehead atoms. The zero-order valence-electron chi connectivity index (χ0n) is 25.3.